The van der Waals surface area contributed by atoms with E-state index < -0.39 is 34.0 Å². The number of nitrogens with one attached hydrogen (secondary N) is 3. The van der Waals surface area contributed by atoms with E-state index in [2.05, 4.69) is 15.4 Å². The van der Waals surface area contributed by atoms with Crippen molar-refractivity contribution in [3.63, 3.8) is 0 Å². The van der Waals surface area contributed by atoms with Gasteiger partial charge in [0.15, 0.2) is 6.10 Å². The van der Waals surface area contributed by atoms with Gasteiger partial charge in [0.1, 0.15) is 5.76 Å². The predicted molar refractivity (Wildman–Crippen MR) is 126 cm³/mol. The Morgan fingerprint density at radius 2 is 1.74 bits per heavy atom. The minimum atomic E-state index is -3.95. The first-order valence-corrected chi connectivity index (χ1v) is 12.1. The van der Waals surface area contributed by atoms with E-state index in [0.717, 1.165) is 5.56 Å². The van der Waals surface area contributed by atoms with Crippen molar-refractivity contribution in [2.45, 2.75) is 37.9 Å². The molecule has 1 unspecified atom stereocenters. The summed E-state index contributed by atoms with van der Waals surface area (Å²) in [4.78, 5) is 36.8. The Labute approximate surface area is 202 Å². The number of rotatable bonds is 9. The third kappa shape index (κ3) is 7.26. The van der Waals surface area contributed by atoms with Gasteiger partial charge in [0.2, 0.25) is 10.0 Å². The number of sulfonamides is 1. The van der Waals surface area contributed by atoms with Crippen LogP contribution in [-0.4, -0.2) is 32.4 Å². The number of imide groups is 1. The van der Waals surface area contributed by atoms with E-state index in [-0.39, 0.29) is 23.5 Å². The number of amides is 3. The Kier molecular flexibility index (Phi) is 8.39. The van der Waals surface area contributed by atoms with Crippen LogP contribution in [-0.2, 0) is 32.6 Å². The summed E-state index contributed by atoms with van der Waals surface area (Å²) in [6.45, 7) is 3.05. The van der Waals surface area contributed by atoms with Crippen LogP contribution in [0.2, 0.25) is 0 Å². The Hall–Kier alpha value is -3.96. The summed E-state index contributed by atoms with van der Waals surface area (Å²) >= 11 is 0. The van der Waals surface area contributed by atoms with Crippen molar-refractivity contribution in [2.24, 2.45) is 0 Å². The zero-order valence-corrected chi connectivity index (χ0v) is 19.9. The number of aryl methyl sites for hydroxylation is 1. The molecule has 0 fully saturated rings. The molecule has 0 aliphatic heterocycles. The number of esters is 1. The number of hydrogen-bond donors (Lipinski definition) is 3. The van der Waals surface area contributed by atoms with E-state index in [4.69, 9.17) is 9.15 Å². The van der Waals surface area contributed by atoms with Crippen molar-refractivity contribution >= 4 is 27.9 Å². The third-order valence-corrected chi connectivity index (χ3v) is 6.34. The molecule has 0 aliphatic carbocycles. The van der Waals surface area contributed by atoms with Gasteiger partial charge in [0, 0.05) is 6.54 Å². The molecule has 3 amide bonds. The average Bonchev–Trinajstić information content (AvgIpc) is 3.36. The van der Waals surface area contributed by atoms with Crippen LogP contribution < -0.4 is 15.4 Å². The van der Waals surface area contributed by atoms with Gasteiger partial charge in [-0.1, -0.05) is 36.4 Å². The molecule has 3 aromatic rings. The lowest BCUT2D eigenvalue weighted by molar-refractivity contribution is -0.127. The van der Waals surface area contributed by atoms with E-state index in [1.54, 1.807) is 19.1 Å². The van der Waals surface area contributed by atoms with Crippen LogP contribution in [0.1, 0.15) is 34.2 Å². The molecule has 0 spiro atoms. The largest absolute Gasteiger partial charge is 0.468 e. The Bertz CT molecular complexity index is 1290. The molecule has 1 atom stereocenters. The molecule has 2 aromatic carbocycles. The van der Waals surface area contributed by atoms with Crippen molar-refractivity contribution in [3.05, 3.63) is 89.4 Å². The zero-order chi connectivity index (χ0) is 25.4. The first kappa shape index (κ1) is 25.7. The van der Waals surface area contributed by atoms with Crippen LogP contribution in [0, 0.1) is 6.92 Å². The average molecular weight is 500 g/mol. The molecule has 1 aromatic heterocycles. The van der Waals surface area contributed by atoms with Crippen LogP contribution in [0.3, 0.4) is 0 Å². The normalized spacial score (nSPS) is 11.9. The van der Waals surface area contributed by atoms with Crippen molar-refractivity contribution in [1.82, 2.24) is 15.4 Å². The van der Waals surface area contributed by atoms with Crippen molar-refractivity contribution in [1.29, 1.82) is 0 Å². The van der Waals surface area contributed by atoms with Gasteiger partial charge in [0.05, 0.1) is 23.3 Å². The maximum absolute atomic E-state index is 12.7. The molecule has 0 bridgehead atoms. The van der Waals surface area contributed by atoms with Crippen LogP contribution in [0.5, 0.6) is 0 Å². The lowest BCUT2D eigenvalue weighted by Crippen LogP contribution is -2.44. The maximum Gasteiger partial charge on any atom is 0.339 e. The lowest BCUT2D eigenvalue weighted by Gasteiger charge is -2.15. The highest BCUT2D eigenvalue weighted by Crippen LogP contribution is 2.18. The Balaban J connectivity index is 1.58. The molecular weight excluding hydrogens is 474 g/mol. The summed E-state index contributed by atoms with van der Waals surface area (Å²) in [7, 11) is -3.95. The van der Waals surface area contributed by atoms with Gasteiger partial charge >= 0.3 is 12.0 Å². The number of benzene rings is 2. The highest BCUT2D eigenvalue weighted by molar-refractivity contribution is 7.89. The van der Waals surface area contributed by atoms with Gasteiger partial charge in [-0.05, 0) is 49.2 Å². The SMILES string of the molecule is Cc1ccc(S(=O)(=O)NCc2ccco2)cc1C(=O)OC(C)C(=O)NC(=O)NCc1ccccc1. The van der Waals surface area contributed by atoms with Gasteiger partial charge < -0.3 is 14.5 Å². The second-order valence-corrected chi connectivity index (χ2v) is 9.35. The third-order valence-electron chi connectivity index (χ3n) is 4.94. The van der Waals surface area contributed by atoms with Gasteiger partial charge in [-0.2, -0.15) is 0 Å². The van der Waals surface area contributed by atoms with Crippen LogP contribution >= 0.6 is 0 Å². The highest BCUT2D eigenvalue weighted by Gasteiger charge is 2.24. The summed E-state index contributed by atoms with van der Waals surface area (Å²) in [6.07, 6.45) is 0.120. The summed E-state index contributed by atoms with van der Waals surface area (Å²) in [5.74, 6) is -1.31. The quantitative estimate of drug-likeness (QED) is 0.384. The lowest BCUT2D eigenvalue weighted by atomic mass is 10.1. The molecule has 0 aliphatic rings. The van der Waals surface area contributed by atoms with E-state index in [1.165, 1.54) is 31.4 Å². The smallest absolute Gasteiger partial charge is 0.339 e. The molecule has 11 heteroatoms. The fourth-order valence-corrected chi connectivity index (χ4v) is 3.98. The maximum atomic E-state index is 12.7. The fourth-order valence-electron chi connectivity index (χ4n) is 2.96. The molecule has 1 heterocycles. The number of hydrogen-bond acceptors (Lipinski definition) is 7. The minimum absolute atomic E-state index is 0.0287. The second-order valence-electron chi connectivity index (χ2n) is 7.59. The molecule has 0 radical (unpaired) electrons. The van der Waals surface area contributed by atoms with E-state index >= 15 is 0 Å². The summed E-state index contributed by atoms with van der Waals surface area (Å²) in [5, 5.41) is 4.64. The topological polar surface area (TPSA) is 144 Å². The van der Waals surface area contributed by atoms with E-state index in [1.807, 2.05) is 30.3 Å². The van der Waals surface area contributed by atoms with Crippen LogP contribution in [0.25, 0.3) is 0 Å². The van der Waals surface area contributed by atoms with Crippen molar-refractivity contribution in [3.8, 4) is 0 Å². The molecule has 0 saturated heterocycles. The van der Waals surface area contributed by atoms with Gasteiger partial charge in [-0.3, -0.25) is 10.1 Å². The van der Waals surface area contributed by atoms with E-state index in [9.17, 15) is 22.8 Å². The standard InChI is InChI=1S/C24H25N3O7S/c1-16-10-11-20(35(31,32)26-15-19-9-6-12-33-19)13-21(16)23(29)34-17(2)22(28)27-24(30)25-14-18-7-4-3-5-8-18/h3-13,17,26H,14-15H2,1-2H3,(H2,25,27,28,30). The molecule has 10 nitrogen and oxygen atoms in total. The summed E-state index contributed by atoms with van der Waals surface area (Å²) in [5.41, 5.74) is 1.27. The molecule has 35 heavy (non-hydrogen) atoms. The van der Waals surface area contributed by atoms with Crippen molar-refractivity contribution in [2.75, 3.05) is 0 Å². The molecule has 184 valence electrons. The highest BCUT2D eigenvalue weighted by atomic mass is 32.2. The minimum Gasteiger partial charge on any atom is -0.468 e. The molecule has 3 N–H and O–H groups in total. The van der Waals surface area contributed by atoms with Crippen molar-refractivity contribution < 1.29 is 32.0 Å². The number of carbonyl (C=O) groups excluding carboxylic acids is 3. The van der Waals surface area contributed by atoms with Crippen LogP contribution in [0.15, 0.2) is 76.2 Å². The molecular formula is C24H25N3O7S. The summed E-state index contributed by atoms with van der Waals surface area (Å²) < 4.78 is 37.9. The number of urea groups is 1. The van der Waals surface area contributed by atoms with Crippen LogP contribution in [0.4, 0.5) is 4.79 Å². The monoisotopic (exact) mass is 499 g/mol. The molecule has 3 rings (SSSR count). The number of carbonyl (C=O) groups is 3. The first-order valence-electron chi connectivity index (χ1n) is 10.6. The summed E-state index contributed by atoms with van der Waals surface area (Å²) in [6, 6.07) is 15.6. The zero-order valence-electron chi connectivity index (χ0n) is 19.1. The fraction of sp³-hybridized carbons (Fsp3) is 0.208. The Morgan fingerprint density at radius 1 is 1.00 bits per heavy atom. The predicted octanol–water partition coefficient (Wildman–Crippen LogP) is 2.64. The second kappa shape index (κ2) is 11.4. The number of furan rings is 1. The van der Waals surface area contributed by atoms with Gasteiger partial charge in [-0.15, -0.1) is 0 Å². The first-order chi connectivity index (χ1) is 16.7. The van der Waals surface area contributed by atoms with Gasteiger partial charge in [0.25, 0.3) is 5.91 Å². The van der Waals surface area contributed by atoms with E-state index in [0.29, 0.717) is 11.3 Å². The van der Waals surface area contributed by atoms with Gasteiger partial charge in [-0.25, -0.2) is 22.7 Å². The number of ether oxygens (including phenoxy) is 1. The Morgan fingerprint density at radius 3 is 2.43 bits per heavy atom. The molecule has 0 saturated carbocycles.